The molecule has 0 aliphatic rings. The smallest absolute Gasteiger partial charge is 0.252 e. The van der Waals surface area contributed by atoms with Crippen LogP contribution in [-0.4, -0.2) is 10.9 Å². The van der Waals surface area contributed by atoms with Crippen molar-refractivity contribution in [1.29, 1.82) is 0 Å². The van der Waals surface area contributed by atoms with Gasteiger partial charge in [0.25, 0.3) is 5.91 Å². The number of benzene rings is 1. The number of rotatable bonds is 4. The van der Waals surface area contributed by atoms with Crippen LogP contribution in [0.1, 0.15) is 34.5 Å². The van der Waals surface area contributed by atoms with E-state index in [0.29, 0.717) is 11.4 Å². The van der Waals surface area contributed by atoms with E-state index in [1.165, 1.54) is 11.1 Å². The molecule has 0 bridgehead atoms. The Balaban J connectivity index is 2.27. The minimum Gasteiger partial charge on any atom is -0.365 e. The fourth-order valence-electron chi connectivity index (χ4n) is 2.07. The van der Waals surface area contributed by atoms with Crippen LogP contribution >= 0.6 is 0 Å². The van der Waals surface area contributed by atoms with Crippen LogP contribution in [0.4, 0.5) is 5.82 Å². The summed E-state index contributed by atoms with van der Waals surface area (Å²) in [4.78, 5) is 15.5. The molecule has 98 valence electrons. The maximum atomic E-state index is 11.3. The summed E-state index contributed by atoms with van der Waals surface area (Å²) in [5.74, 6) is 0.0401. The first-order valence-electron chi connectivity index (χ1n) is 6.16. The third kappa shape index (κ3) is 2.91. The maximum absolute atomic E-state index is 11.3. The van der Waals surface area contributed by atoms with Gasteiger partial charge < -0.3 is 11.1 Å². The predicted molar refractivity (Wildman–Crippen MR) is 76.0 cm³/mol. The van der Waals surface area contributed by atoms with Crippen molar-refractivity contribution in [2.24, 2.45) is 5.73 Å². The van der Waals surface area contributed by atoms with Gasteiger partial charge in [-0.2, -0.15) is 0 Å². The zero-order valence-electron chi connectivity index (χ0n) is 11.1. The molecule has 0 saturated carbocycles. The average molecular weight is 255 g/mol. The molecule has 0 saturated heterocycles. The van der Waals surface area contributed by atoms with Crippen molar-refractivity contribution < 1.29 is 4.79 Å². The largest absolute Gasteiger partial charge is 0.365 e. The van der Waals surface area contributed by atoms with Crippen LogP contribution < -0.4 is 11.1 Å². The summed E-state index contributed by atoms with van der Waals surface area (Å²) in [6.45, 7) is 4.09. The van der Waals surface area contributed by atoms with Gasteiger partial charge in [-0.1, -0.05) is 24.3 Å². The summed E-state index contributed by atoms with van der Waals surface area (Å²) >= 11 is 0. The molecule has 0 radical (unpaired) electrons. The van der Waals surface area contributed by atoms with E-state index in [-0.39, 0.29) is 6.04 Å². The normalized spacial score (nSPS) is 11.9. The quantitative estimate of drug-likeness (QED) is 0.882. The Kier molecular flexibility index (Phi) is 3.80. The topological polar surface area (TPSA) is 68.0 Å². The highest BCUT2D eigenvalue weighted by molar-refractivity contribution is 5.97. The summed E-state index contributed by atoms with van der Waals surface area (Å²) in [5, 5.41) is 3.24. The summed E-state index contributed by atoms with van der Waals surface area (Å²) in [5.41, 5.74) is 8.11. The molecular weight excluding hydrogens is 238 g/mol. The van der Waals surface area contributed by atoms with E-state index in [1.54, 1.807) is 18.3 Å². The molecule has 1 atom stereocenters. The first-order valence-corrected chi connectivity index (χ1v) is 6.16. The maximum Gasteiger partial charge on any atom is 0.252 e. The van der Waals surface area contributed by atoms with Crippen LogP contribution in [-0.2, 0) is 0 Å². The lowest BCUT2D eigenvalue weighted by molar-refractivity contribution is 0.100. The molecule has 4 heteroatoms. The molecule has 3 N–H and O–H groups in total. The van der Waals surface area contributed by atoms with E-state index in [2.05, 4.69) is 29.4 Å². The van der Waals surface area contributed by atoms with E-state index in [1.807, 2.05) is 19.1 Å². The van der Waals surface area contributed by atoms with Gasteiger partial charge >= 0.3 is 0 Å². The number of nitrogens with two attached hydrogens (primary N) is 1. The third-order valence-electron chi connectivity index (χ3n) is 3.08. The van der Waals surface area contributed by atoms with Gasteiger partial charge in [-0.15, -0.1) is 0 Å². The first-order chi connectivity index (χ1) is 9.09. The molecule has 2 rings (SSSR count). The van der Waals surface area contributed by atoms with Crippen molar-refractivity contribution in [3.63, 3.8) is 0 Å². The summed E-state index contributed by atoms with van der Waals surface area (Å²) in [7, 11) is 0. The molecule has 1 aromatic carbocycles. The zero-order chi connectivity index (χ0) is 13.8. The molecular formula is C15H17N3O. The fraction of sp³-hybridized carbons (Fsp3) is 0.200. The number of pyridine rings is 1. The lowest BCUT2D eigenvalue weighted by atomic mass is 10.0. The van der Waals surface area contributed by atoms with E-state index >= 15 is 0 Å². The molecule has 19 heavy (non-hydrogen) atoms. The van der Waals surface area contributed by atoms with Gasteiger partial charge in [0, 0.05) is 6.20 Å². The Morgan fingerprint density at radius 1 is 1.26 bits per heavy atom. The van der Waals surface area contributed by atoms with Gasteiger partial charge in [-0.3, -0.25) is 4.79 Å². The van der Waals surface area contributed by atoms with Crippen molar-refractivity contribution in [1.82, 2.24) is 4.98 Å². The predicted octanol–water partition coefficient (Wildman–Crippen LogP) is 2.66. The van der Waals surface area contributed by atoms with Gasteiger partial charge in [-0.05, 0) is 37.1 Å². The molecule has 2 aromatic rings. The minimum atomic E-state index is -0.479. The molecule has 1 unspecified atom stereocenters. The molecule has 1 amide bonds. The summed E-state index contributed by atoms with van der Waals surface area (Å²) in [6, 6.07) is 11.5. The second-order valence-corrected chi connectivity index (χ2v) is 4.49. The monoisotopic (exact) mass is 255 g/mol. The van der Waals surface area contributed by atoms with Crippen molar-refractivity contribution in [2.45, 2.75) is 19.9 Å². The van der Waals surface area contributed by atoms with Gasteiger partial charge in [-0.25, -0.2) is 4.98 Å². The number of carbonyl (C=O) groups excluding carboxylic acids is 1. The highest BCUT2D eigenvalue weighted by Gasteiger charge is 2.13. The standard InChI is InChI=1S/C15H17N3O/c1-10-6-3-4-7-12(10)11(2)18-15-13(14(16)19)8-5-9-17-15/h3-9,11H,1-2H3,(H2,16,19)(H,17,18). The highest BCUT2D eigenvalue weighted by Crippen LogP contribution is 2.22. The zero-order valence-corrected chi connectivity index (χ0v) is 11.1. The SMILES string of the molecule is Cc1ccccc1C(C)Nc1ncccc1C(N)=O. The van der Waals surface area contributed by atoms with Crippen LogP contribution in [0.3, 0.4) is 0 Å². The van der Waals surface area contributed by atoms with Crippen LogP contribution in [0.25, 0.3) is 0 Å². The Hall–Kier alpha value is -2.36. The molecule has 4 nitrogen and oxygen atoms in total. The second-order valence-electron chi connectivity index (χ2n) is 4.49. The Morgan fingerprint density at radius 2 is 2.00 bits per heavy atom. The number of carbonyl (C=O) groups is 1. The number of nitrogens with one attached hydrogen (secondary N) is 1. The summed E-state index contributed by atoms with van der Waals surface area (Å²) < 4.78 is 0. The third-order valence-corrected chi connectivity index (χ3v) is 3.08. The van der Waals surface area contributed by atoms with Crippen LogP contribution in [0.15, 0.2) is 42.6 Å². The van der Waals surface area contributed by atoms with Crippen molar-refractivity contribution >= 4 is 11.7 Å². The average Bonchev–Trinajstić information content (AvgIpc) is 2.39. The molecule has 1 heterocycles. The van der Waals surface area contributed by atoms with E-state index in [0.717, 1.165) is 0 Å². The Labute approximate surface area is 112 Å². The van der Waals surface area contributed by atoms with Crippen LogP contribution in [0.5, 0.6) is 0 Å². The molecule has 1 aromatic heterocycles. The fourth-order valence-corrected chi connectivity index (χ4v) is 2.07. The number of hydrogen-bond donors (Lipinski definition) is 2. The van der Waals surface area contributed by atoms with Gasteiger partial charge in [0.05, 0.1) is 11.6 Å². The number of primary amides is 1. The number of anilines is 1. The van der Waals surface area contributed by atoms with Crippen molar-refractivity contribution in [2.75, 3.05) is 5.32 Å². The molecule has 0 spiro atoms. The van der Waals surface area contributed by atoms with Gasteiger partial charge in [0.15, 0.2) is 0 Å². The molecule has 0 fully saturated rings. The number of amides is 1. The summed E-state index contributed by atoms with van der Waals surface area (Å²) in [6.07, 6.45) is 1.64. The second kappa shape index (κ2) is 5.52. The van der Waals surface area contributed by atoms with E-state index in [4.69, 9.17) is 5.73 Å². The van der Waals surface area contributed by atoms with Crippen LogP contribution in [0, 0.1) is 6.92 Å². The molecule has 0 aliphatic heterocycles. The number of nitrogens with zero attached hydrogens (tertiary/aromatic N) is 1. The number of aromatic nitrogens is 1. The lowest BCUT2D eigenvalue weighted by Gasteiger charge is -2.18. The number of hydrogen-bond acceptors (Lipinski definition) is 3. The Morgan fingerprint density at radius 3 is 2.68 bits per heavy atom. The molecule has 0 aliphatic carbocycles. The lowest BCUT2D eigenvalue weighted by Crippen LogP contribution is -2.17. The minimum absolute atomic E-state index is 0.0502. The van der Waals surface area contributed by atoms with Gasteiger partial charge in [0.2, 0.25) is 0 Å². The van der Waals surface area contributed by atoms with E-state index in [9.17, 15) is 4.79 Å². The van der Waals surface area contributed by atoms with Crippen molar-refractivity contribution in [3.05, 3.63) is 59.3 Å². The number of aryl methyl sites for hydroxylation is 1. The Bertz CT molecular complexity index is 595. The highest BCUT2D eigenvalue weighted by atomic mass is 16.1. The van der Waals surface area contributed by atoms with Crippen LogP contribution in [0.2, 0.25) is 0 Å². The first kappa shape index (κ1) is 13.1. The van der Waals surface area contributed by atoms with Gasteiger partial charge in [0.1, 0.15) is 5.82 Å². The van der Waals surface area contributed by atoms with Crippen molar-refractivity contribution in [3.8, 4) is 0 Å². The van der Waals surface area contributed by atoms with E-state index < -0.39 is 5.91 Å².